The number of sulfonamides is 1. The summed E-state index contributed by atoms with van der Waals surface area (Å²) >= 11 is 0. The maximum atomic E-state index is 11.6. The molecule has 2 atom stereocenters. The van der Waals surface area contributed by atoms with Gasteiger partial charge in [0.05, 0.1) is 5.25 Å². The molecule has 4 nitrogen and oxygen atoms in total. The van der Waals surface area contributed by atoms with Crippen LogP contribution in [0.3, 0.4) is 0 Å². The van der Waals surface area contributed by atoms with Crippen LogP contribution in [0.15, 0.2) is 0 Å². The molecular formula is C16H34N2O2S. The third-order valence-electron chi connectivity index (χ3n) is 5.23. The zero-order chi connectivity index (χ0) is 15.9. The van der Waals surface area contributed by atoms with Gasteiger partial charge in [0.25, 0.3) is 0 Å². The molecule has 1 fully saturated rings. The van der Waals surface area contributed by atoms with Gasteiger partial charge in [-0.25, -0.2) is 13.6 Å². The molecule has 1 saturated heterocycles. The van der Waals surface area contributed by atoms with Crippen LogP contribution in [0.5, 0.6) is 0 Å². The van der Waals surface area contributed by atoms with E-state index in [0.29, 0.717) is 12.8 Å². The minimum absolute atomic E-state index is 0.209. The molecule has 1 aliphatic heterocycles. The van der Waals surface area contributed by atoms with E-state index in [1.807, 2.05) is 0 Å². The van der Waals surface area contributed by atoms with Crippen LogP contribution in [-0.2, 0) is 10.0 Å². The Morgan fingerprint density at radius 1 is 1.14 bits per heavy atom. The summed E-state index contributed by atoms with van der Waals surface area (Å²) in [7, 11) is -3.38. The second-order valence-electron chi connectivity index (χ2n) is 6.79. The molecule has 0 aromatic carbocycles. The fourth-order valence-electron chi connectivity index (χ4n) is 3.43. The van der Waals surface area contributed by atoms with Crippen molar-refractivity contribution in [2.45, 2.75) is 89.3 Å². The first-order valence-corrected chi connectivity index (χ1v) is 10.2. The highest BCUT2D eigenvalue weighted by Crippen LogP contribution is 2.30. The van der Waals surface area contributed by atoms with Gasteiger partial charge in [0.1, 0.15) is 0 Å². The first-order valence-electron chi connectivity index (χ1n) is 8.60. The predicted octanol–water partition coefficient (Wildman–Crippen LogP) is 3.27. The van der Waals surface area contributed by atoms with Gasteiger partial charge in [0.15, 0.2) is 0 Å². The van der Waals surface area contributed by atoms with Crippen molar-refractivity contribution in [1.82, 2.24) is 4.90 Å². The molecule has 126 valence electrons. The second kappa shape index (κ2) is 8.49. The van der Waals surface area contributed by atoms with E-state index in [2.05, 4.69) is 25.7 Å². The van der Waals surface area contributed by atoms with E-state index in [0.717, 1.165) is 25.9 Å². The Labute approximate surface area is 131 Å². The van der Waals surface area contributed by atoms with E-state index in [1.54, 1.807) is 0 Å². The molecule has 0 spiro atoms. The molecule has 0 aromatic rings. The van der Waals surface area contributed by atoms with Crippen molar-refractivity contribution < 1.29 is 8.42 Å². The van der Waals surface area contributed by atoms with E-state index in [1.165, 1.54) is 32.1 Å². The summed E-state index contributed by atoms with van der Waals surface area (Å²) in [5, 5.41) is 4.99. The summed E-state index contributed by atoms with van der Waals surface area (Å²) in [6.07, 6.45) is 9.83. The number of unbranched alkanes of at least 4 members (excludes halogenated alkanes) is 3. The maximum Gasteiger partial charge on any atom is 0.212 e. The molecule has 0 saturated carbocycles. The molecule has 1 heterocycles. The largest absolute Gasteiger partial charge is 0.298 e. The van der Waals surface area contributed by atoms with E-state index in [9.17, 15) is 8.42 Å². The number of nitrogens with zero attached hydrogens (tertiary/aromatic N) is 1. The number of nitrogens with two attached hydrogens (primary N) is 1. The van der Waals surface area contributed by atoms with Gasteiger partial charge in [0.2, 0.25) is 10.0 Å². The number of rotatable bonds is 8. The van der Waals surface area contributed by atoms with E-state index in [-0.39, 0.29) is 10.8 Å². The van der Waals surface area contributed by atoms with Crippen molar-refractivity contribution in [3.63, 3.8) is 0 Å². The third kappa shape index (κ3) is 5.87. The van der Waals surface area contributed by atoms with E-state index in [4.69, 9.17) is 5.14 Å². The van der Waals surface area contributed by atoms with Crippen molar-refractivity contribution in [3.8, 4) is 0 Å². The highest BCUT2D eigenvalue weighted by Gasteiger charge is 2.33. The highest BCUT2D eigenvalue weighted by atomic mass is 32.2. The minimum atomic E-state index is -3.38. The van der Waals surface area contributed by atoms with Crippen molar-refractivity contribution in [2.24, 2.45) is 5.14 Å². The van der Waals surface area contributed by atoms with Crippen LogP contribution in [0.1, 0.15) is 78.6 Å². The van der Waals surface area contributed by atoms with Gasteiger partial charge in [-0.1, -0.05) is 39.5 Å². The summed E-state index contributed by atoms with van der Waals surface area (Å²) in [5.74, 6) is 0. The minimum Gasteiger partial charge on any atom is -0.298 e. The lowest BCUT2D eigenvalue weighted by molar-refractivity contribution is 0.0912. The Morgan fingerprint density at radius 3 is 2.43 bits per heavy atom. The molecule has 5 heteroatoms. The lowest BCUT2D eigenvalue weighted by atomic mass is 9.89. The van der Waals surface area contributed by atoms with Gasteiger partial charge in [-0.3, -0.25) is 4.90 Å². The summed E-state index contributed by atoms with van der Waals surface area (Å²) in [6.45, 7) is 8.70. The van der Waals surface area contributed by atoms with E-state index < -0.39 is 10.0 Å². The lowest BCUT2D eigenvalue weighted by Gasteiger charge is -2.41. The van der Waals surface area contributed by atoms with Crippen LogP contribution < -0.4 is 5.14 Å². The number of primary sulfonamides is 1. The predicted molar refractivity (Wildman–Crippen MR) is 89.8 cm³/mol. The van der Waals surface area contributed by atoms with Crippen LogP contribution in [0.4, 0.5) is 0 Å². The van der Waals surface area contributed by atoms with E-state index >= 15 is 0 Å². The van der Waals surface area contributed by atoms with Gasteiger partial charge in [0, 0.05) is 5.54 Å². The molecule has 0 bridgehead atoms. The molecule has 2 N–H and O–H groups in total. The average molecular weight is 319 g/mol. The molecule has 2 unspecified atom stereocenters. The second-order valence-corrected chi connectivity index (χ2v) is 8.63. The normalized spacial score (nSPS) is 24.5. The quantitative estimate of drug-likeness (QED) is 0.699. The standard InChI is InChI=1S/C16H34N2O2S/c1-4-6-7-8-12-16(3,5-2)18-13-9-10-15(11-14-18)21(17,19)20/h15H,4-14H2,1-3H3,(H2,17,19,20). The topological polar surface area (TPSA) is 63.4 Å². The van der Waals surface area contributed by atoms with Crippen LogP contribution in [0.2, 0.25) is 0 Å². The Bertz CT molecular complexity index is 397. The van der Waals surface area contributed by atoms with Crippen molar-refractivity contribution in [1.29, 1.82) is 0 Å². The molecule has 1 aliphatic rings. The van der Waals surface area contributed by atoms with Gasteiger partial charge in [-0.2, -0.15) is 0 Å². The molecule has 1 rings (SSSR count). The highest BCUT2D eigenvalue weighted by molar-refractivity contribution is 7.89. The van der Waals surface area contributed by atoms with Gasteiger partial charge >= 0.3 is 0 Å². The van der Waals surface area contributed by atoms with Crippen molar-refractivity contribution in [3.05, 3.63) is 0 Å². The Kier molecular flexibility index (Phi) is 7.65. The molecule has 0 amide bonds. The zero-order valence-corrected chi connectivity index (χ0v) is 14.9. The number of hydrogen-bond donors (Lipinski definition) is 1. The molecule has 0 aromatic heterocycles. The molecular weight excluding hydrogens is 284 g/mol. The molecule has 0 aliphatic carbocycles. The Balaban J connectivity index is 2.60. The Hall–Kier alpha value is -0.130. The maximum absolute atomic E-state index is 11.6. The van der Waals surface area contributed by atoms with Crippen LogP contribution in [-0.4, -0.2) is 37.2 Å². The monoisotopic (exact) mass is 318 g/mol. The van der Waals surface area contributed by atoms with Crippen molar-refractivity contribution in [2.75, 3.05) is 13.1 Å². The third-order valence-corrected chi connectivity index (χ3v) is 6.63. The summed E-state index contributed by atoms with van der Waals surface area (Å²) in [5.41, 5.74) is 0.209. The first kappa shape index (κ1) is 18.9. The van der Waals surface area contributed by atoms with Crippen LogP contribution in [0.25, 0.3) is 0 Å². The summed E-state index contributed by atoms with van der Waals surface area (Å²) in [6, 6.07) is 0. The summed E-state index contributed by atoms with van der Waals surface area (Å²) < 4.78 is 23.1. The number of likely N-dealkylation sites (tertiary alicyclic amines) is 1. The SMILES string of the molecule is CCCCCCC(C)(CC)N1CCCC(S(N)(=O)=O)CC1. The molecule has 21 heavy (non-hydrogen) atoms. The summed E-state index contributed by atoms with van der Waals surface area (Å²) in [4.78, 5) is 2.52. The average Bonchev–Trinajstić information content (AvgIpc) is 2.69. The van der Waals surface area contributed by atoms with Gasteiger partial charge < -0.3 is 0 Å². The Morgan fingerprint density at radius 2 is 1.86 bits per heavy atom. The molecule has 0 radical (unpaired) electrons. The van der Waals surface area contributed by atoms with Gasteiger partial charge in [-0.15, -0.1) is 0 Å². The van der Waals surface area contributed by atoms with Crippen LogP contribution in [0, 0.1) is 0 Å². The fourth-order valence-corrected chi connectivity index (χ4v) is 4.35. The van der Waals surface area contributed by atoms with Gasteiger partial charge in [-0.05, 0) is 52.1 Å². The van der Waals surface area contributed by atoms with Crippen molar-refractivity contribution >= 4 is 10.0 Å². The fraction of sp³-hybridized carbons (Fsp3) is 1.00. The number of hydrogen-bond acceptors (Lipinski definition) is 3. The van der Waals surface area contributed by atoms with Crippen LogP contribution >= 0.6 is 0 Å². The smallest absolute Gasteiger partial charge is 0.212 e. The lowest BCUT2D eigenvalue weighted by Crippen LogP contribution is -2.46. The zero-order valence-electron chi connectivity index (χ0n) is 14.1. The first-order chi connectivity index (χ1) is 9.83.